The number of carboxylic acids is 1. The van der Waals surface area contributed by atoms with E-state index in [1.165, 1.54) is 23.1 Å². The molecule has 0 bridgehead atoms. The van der Waals surface area contributed by atoms with Gasteiger partial charge in [-0.1, -0.05) is 44.2 Å². The Balaban J connectivity index is 2.58. The number of carbonyl (C=O) groups excluding carboxylic acids is 2. The van der Waals surface area contributed by atoms with E-state index in [1.807, 2.05) is 6.07 Å². The number of hydrogen-bond donors (Lipinski definition) is 1. The summed E-state index contributed by atoms with van der Waals surface area (Å²) in [7, 11) is 1.24. The van der Waals surface area contributed by atoms with Crippen LogP contribution in [0.2, 0.25) is 0 Å². The van der Waals surface area contributed by atoms with Crippen molar-refractivity contribution in [3.05, 3.63) is 42.1 Å². The molecule has 1 N–H and O–H groups in total. The van der Waals surface area contributed by atoms with Crippen molar-refractivity contribution >= 4 is 23.7 Å². The first kappa shape index (κ1) is 17.5. The number of amides is 2. The lowest BCUT2D eigenvalue weighted by atomic mass is 9.97. The molecular formula is C17H20N2O5. The topological polar surface area (TPSA) is 87.2 Å². The monoisotopic (exact) mass is 332 g/mol. The van der Waals surface area contributed by atoms with Gasteiger partial charge in [-0.25, -0.2) is 4.79 Å². The van der Waals surface area contributed by atoms with Crippen molar-refractivity contribution < 1.29 is 24.2 Å². The van der Waals surface area contributed by atoms with Crippen LogP contribution in [-0.4, -0.2) is 52.6 Å². The fourth-order valence-corrected chi connectivity index (χ4v) is 2.69. The van der Waals surface area contributed by atoms with E-state index in [1.54, 1.807) is 38.1 Å². The first-order valence-corrected chi connectivity index (χ1v) is 7.53. The largest absolute Gasteiger partial charge is 0.480 e. The van der Waals surface area contributed by atoms with Gasteiger partial charge in [-0.2, -0.15) is 0 Å². The van der Waals surface area contributed by atoms with Gasteiger partial charge in [0.15, 0.2) is 0 Å². The molecule has 7 nitrogen and oxygen atoms in total. The van der Waals surface area contributed by atoms with Crippen molar-refractivity contribution in [3.63, 3.8) is 0 Å². The second-order valence-corrected chi connectivity index (χ2v) is 5.76. The molecule has 0 saturated carbocycles. The molecule has 2 amide bonds. The third-order valence-corrected chi connectivity index (χ3v) is 3.75. The summed E-state index contributed by atoms with van der Waals surface area (Å²) < 4.78 is 4.77. The molecule has 0 radical (unpaired) electrons. The highest BCUT2D eigenvalue weighted by atomic mass is 16.5. The molecule has 0 aromatic heterocycles. The minimum atomic E-state index is -1.13. The Morgan fingerprint density at radius 1 is 1.25 bits per heavy atom. The SMILES string of the molecule is COC(=O)N1C=C(c2ccccc2)N(CC(=O)O)C(=O)C1C(C)C. The quantitative estimate of drug-likeness (QED) is 0.911. The van der Waals surface area contributed by atoms with E-state index in [0.717, 1.165) is 0 Å². The van der Waals surface area contributed by atoms with Crippen LogP contribution in [0.1, 0.15) is 19.4 Å². The summed E-state index contributed by atoms with van der Waals surface area (Å²) in [5.74, 6) is -1.78. The maximum absolute atomic E-state index is 12.9. The molecule has 7 heteroatoms. The Morgan fingerprint density at radius 3 is 2.38 bits per heavy atom. The van der Waals surface area contributed by atoms with E-state index in [0.29, 0.717) is 11.3 Å². The standard InChI is InChI=1S/C17H20N2O5/c1-11(2)15-16(22)18(10-14(20)21)13(9-19(15)17(23)24-3)12-7-5-4-6-8-12/h4-9,11,15H,10H2,1-3H3,(H,20,21). The van der Waals surface area contributed by atoms with E-state index < -0.39 is 30.6 Å². The second-order valence-electron chi connectivity index (χ2n) is 5.76. The Bertz CT molecular complexity index is 669. The number of hydrogen-bond acceptors (Lipinski definition) is 4. The highest BCUT2D eigenvalue weighted by molar-refractivity contribution is 5.98. The van der Waals surface area contributed by atoms with Crippen LogP contribution in [-0.2, 0) is 14.3 Å². The number of carbonyl (C=O) groups is 3. The first-order chi connectivity index (χ1) is 11.4. The lowest BCUT2D eigenvalue weighted by Gasteiger charge is -2.39. The summed E-state index contributed by atoms with van der Waals surface area (Å²) in [5.41, 5.74) is 0.994. The van der Waals surface area contributed by atoms with Crippen molar-refractivity contribution in [2.75, 3.05) is 13.7 Å². The molecule has 1 heterocycles. The molecule has 0 aliphatic carbocycles. The molecule has 1 unspecified atom stereocenters. The van der Waals surface area contributed by atoms with E-state index in [9.17, 15) is 14.4 Å². The molecule has 2 rings (SSSR count). The van der Waals surface area contributed by atoms with E-state index in [-0.39, 0.29) is 5.92 Å². The van der Waals surface area contributed by atoms with Gasteiger partial charge < -0.3 is 9.84 Å². The van der Waals surface area contributed by atoms with Crippen molar-refractivity contribution in [1.29, 1.82) is 0 Å². The van der Waals surface area contributed by atoms with Crippen LogP contribution in [0, 0.1) is 5.92 Å². The molecule has 24 heavy (non-hydrogen) atoms. The molecule has 0 fully saturated rings. The van der Waals surface area contributed by atoms with E-state index in [4.69, 9.17) is 9.84 Å². The lowest BCUT2D eigenvalue weighted by molar-refractivity contribution is -0.144. The number of aliphatic carboxylic acids is 1. The van der Waals surface area contributed by atoms with E-state index >= 15 is 0 Å². The van der Waals surface area contributed by atoms with Crippen LogP contribution in [0.3, 0.4) is 0 Å². The number of carboxylic acid groups (broad SMARTS) is 1. The maximum Gasteiger partial charge on any atom is 0.414 e. The zero-order valence-corrected chi connectivity index (χ0v) is 13.8. The molecule has 1 aromatic carbocycles. The summed E-state index contributed by atoms with van der Waals surface area (Å²) in [6.07, 6.45) is 0.821. The summed E-state index contributed by atoms with van der Waals surface area (Å²) in [5, 5.41) is 9.17. The van der Waals surface area contributed by atoms with Gasteiger partial charge in [0.1, 0.15) is 12.6 Å². The molecule has 1 aliphatic heterocycles. The van der Waals surface area contributed by atoms with Crippen molar-refractivity contribution in [2.24, 2.45) is 5.92 Å². The van der Waals surface area contributed by atoms with Gasteiger partial charge in [0.25, 0.3) is 5.91 Å². The normalized spacial score (nSPS) is 17.8. The van der Waals surface area contributed by atoms with Gasteiger partial charge in [0, 0.05) is 6.20 Å². The molecule has 1 aromatic rings. The summed E-state index contributed by atoms with van der Waals surface area (Å²) in [6.45, 7) is 3.11. The summed E-state index contributed by atoms with van der Waals surface area (Å²) in [6, 6.07) is 8.04. The Hall–Kier alpha value is -2.83. The number of nitrogens with zero attached hydrogens (tertiary/aromatic N) is 2. The average molecular weight is 332 g/mol. The van der Waals surface area contributed by atoms with Gasteiger partial charge in [0.05, 0.1) is 12.8 Å². The predicted octanol–water partition coefficient (Wildman–Crippen LogP) is 2.00. The zero-order chi connectivity index (χ0) is 17.9. The van der Waals surface area contributed by atoms with Crippen LogP contribution < -0.4 is 0 Å². The molecule has 0 saturated heterocycles. The molecular weight excluding hydrogens is 312 g/mol. The number of rotatable bonds is 4. The van der Waals surface area contributed by atoms with Crippen LogP contribution in [0.15, 0.2) is 36.5 Å². The van der Waals surface area contributed by atoms with Gasteiger partial charge >= 0.3 is 12.1 Å². The Morgan fingerprint density at radius 2 is 1.88 bits per heavy atom. The van der Waals surface area contributed by atoms with Crippen molar-refractivity contribution in [2.45, 2.75) is 19.9 Å². The minimum absolute atomic E-state index is 0.207. The van der Waals surface area contributed by atoms with E-state index in [2.05, 4.69) is 0 Å². The number of ether oxygens (including phenoxy) is 1. The predicted molar refractivity (Wildman–Crippen MR) is 86.6 cm³/mol. The highest BCUT2D eigenvalue weighted by Gasteiger charge is 2.41. The fourth-order valence-electron chi connectivity index (χ4n) is 2.69. The number of benzene rings is 1. The molecule has 1 aliphatic rings. The molecule has 1 atom stereocenters. The molecule has 128 valence electrons. The summed E-state index contributed by atoms with van der Waals surface area (Å²) in [4.78, 5) is 38.6. The smallest absolute Gasteiger partial charge is 0.414 e. The van der Waals surface area contributed by atoms with Crippen LogP contribution in [0.4, 0.5) is 4.79 Å². The lowest BCUT2D eigenvalue weighted by Crippen LogP contribution is -2.55. The van der Waals surface area contributed by atoms with Crippen molar-refractivity contribution in [1.82, 2.24) is 9.80 Å². The van der Waals surface area contributed by atoms with Crippen LogP contribution in [0.5, 0.6) is 0 Å². The molecule has 0 spiro atoms. The Labute approximate surface area is 140 Å². The third kappa shape index (κ3) is 3.40. The van der Waals surface area contributed by atoms with Crippen molar-refractivity contribution in [3.8, 4) is 0 Å². The van der Waals surface area contributed by atoms with Gasteiger partial charge in [-0.05, 0) is 11.5 Å². The van der Waals surface area contributed by atoms with Gasteiger partial charge in [-0.3, -0.25) is 19.4 Å². The van der Waals surface area contributed by atoms with Gasteiger partial charge in [0.2, 0.25) is 0 Å². The number of methoxy groups -OCH3 is 1. The minimum Gasteiger partial charge on any atom is -0.480 e. The Kier molecular flexibility index (Phi) is 5.23. The zero-order valence-electron chi connectivity index (χ0n) is 13.8. The van der Waals surface area contributed by atoms with Gasteiger partial charge in [-0.15, -0.1) is 0 Å². The maximum atomic E-state index is 12.9. The summed E-state index contributed by atoms with van der Waals surface area (Å²) >= 11 is 0. The first-order valence-electron chi connectivity index (χ1n) is 7.53. The fraction of sp³-hybridized carbons (Fsp3) is 0.353. The van der Waals surface area contributed by atoms with Crippen LogP contribution in [0.25, 0.3) is 5.70 Å². The average Bonchev–Trinajstić information content (AvgIpc) is 2.55. The third-order valence-electron chi connectivity index (χ3n) is 3.75. The highest BCUT2D eigenvalue weighted by Crippen LogP contribution is 2.30. The van der Waals surface area contributed by atoms with Crippen LogP contribution >= 0.6 is 0 Å². The second kappa shape index (κ2) is 7.16.